The third kappa shape index (κ3) is 3.94. The number of aryl methyl sites for hydroxylation is 1. The van der Waals surface area contributed by atoms with Gasteiger partial charge in [0.25, 0.3) is 0 Å². The first-order valence-electron chi connectivity index (χ1n) is 9.09. The number of nitrogens with zero attached hydrogens (tertiary/aromatic N) is 3. The van der Waals surface area contributed by atoms with Crippen molar-refractivity contribution in [3.8, 4) is 17.1 Å². The third-order valence-electron chi connectivity index (χ3n) is 4.79. The number of aromatic nitrogens is 2. The SMILES string of the molecule is Cc1ccc(OCCN2CCC(c3nc(-c4ccccc4)no3)C2)cc1. The molecule has 0 spiro atoms. The van der Waals surface area contributed by atoms with Gasteiger partial charge in [0, 0.05) is 18.7 Å². The van der Waals surface area contributed by atoms with E-state index in [9.17, 15) is 0 Å². The minimum absolute atomic E-state index is 0.305. The van der Waals surface area contributed by atoms with Crippen LogP contribution in [0.3, 0.4) is 0 Å². The summed E-state index contributed by atoms with van der Waals surface area (Å²) in [5.41, 5.74) is 2.23. The second-order valence-electron chi connectivity index (χ2n) is 6.77. The van der Waals surface area contributed by atoms with E-state index in [0.717, 1.165) is 43.3 Å². The van der Waals surface area contributed by atoms with E-state index in [4.69, 9.17) is 9.26 Å². The molecule has 0 N–H and O–H groups in total. The van der Waals surface area contributed by atoms with Crippen LogP contribution in [0.1, 0.15) is 23.8 Å². The molecule has 134 valence electrons. The van der Waals surface area contributed by atoms with Crippen LogP contribution in [-0.4, -0.2) is 41.3 Å². The summed E-state index contributed by atoms with van der Waals surface area (Å²) in [6.07, 6.45) is 1.04. The maximum absolute atomic E-state index is 5.83. The van der Waals surface area contributed by atoms with Crippen molar-refractivity contribution in [3.05, 3.63) is 66.1 Å². The number of hydrogen-bond acceptors (Lipinski definition) is 5. The largest absolute Gasteiger partial charge is 0.492 e. The molecule has 0 amide bonds. The first-order chi connectivity index (χ1) is 12.8. The van der Waals surface area contributed by atoms with Crippen LogP contribution in [-0.2, 0) is 0 Å². The van der Waals surface area contributed by atoms with Gasteiger partial charge in [-0.3, -0.25) is 4.90 Å². The lowest BCUT2D eigenvalue weighted by molar-refractivity contribution is 0.233. The minimum Gasteiger partial charge on any atom is -0.492 e. The highest BCUT2D eigenvalue weighted by molar-refractivity contribution is 5.53. The fraction of sp³-hybridized carbons (Fsp3) is 0.333. The summed E-state index contributed by atoms with van der Waals surface area (Å²) >= 11 is 0. The van der Waals surface area contributed by atoms with Gasteiger partial charge in [-0.15, -0.1) is 0 Å². The van der Waals surface area contributed by atoms with Gasteiger partial charge in [0.15, 0.2) is 0 Å². The number of ether oxygens (including phenoxy) is 1. The lowest BCUT2D eigenvalue weighted by atomic mass is 10.1. The van der Waals surface area contributed by atoms with E-state index in [2.05, 4.69) is 34.1 Å². The van der Waals surface area contributed by atoms with Crippen LogP contribution in [0.5, 0.6) is 5.75 Å². The minimum atomic E-state index is 0.305. The molecule has 5 heteroatoms. The summed E-state index contributed by atoms with van der Waals surface area (Å²) < 4.78 is 11.4. The molecule has 0 saturated carbocycles. The Morgan fingerprint density at radius 2 is 1.92 bits per heavy atom. The van der Waals surface area contributed by atoms with Crippen molar-refractivity contribution in [1.82, 2.24) is 15.0 Å². The Kier molecular flexibility index (Phi) is 4.97. The predicted octanol–water partition coefficient (Wildman–Crippen LogP) is 3.91. The Morgan fingerprint density at radius 1 is 1.12 bits per heavy atom. The van der Waals surface area contributed by atoms with Crippen LogP contribution < -0.4 is 4.74 Å². The monoisotopic (exact) mass is 349 g/mol. The van der Waals surface area contributed by atoms with Crippen LogP contribution in [0.25, 0.3) is 11.4 Å². The van der Waals surface area contributed by atoms with E-state index >= 15 is 0 Å². The molecule has 4 rings (SSSR count). The number of likely N-dealkylation sites (tertiary alicyclic amines) is 1. The average molecular weight is 349 g/mol. The van der Waals surface area contributed by atoms with Crippen molar-refractivity contribution < 1.29 is 9.26 Å². The maximum Gasteiger partial charge on any atom is 0.231 e. The zero-order chi connectivity index (χ0) is 17.8. The zero-order valence-electron chi connectivity index (χ0n) is 15.0. The molecule has 1 atom stereocenters. The van der Waals surface area contributed by atoms with Crippen LogP contribution in [0.15, 0.2) is 59.1 Å². The van der Waals surface area contributed by atoms with E-state index in [-0.39, 0.29) is 0 Å². The molecule has 0 aliphatic carbocycles. The molecule has 2 aromatic carbocycles. The predicted molar refractivity (Wildman–Crippen MR) is 100 cm³/mol. The molecule has 5 nitrogen and oxygen atoms in total. The molecule has 2 heterocycles. The van der Waals surface area contributed by atoms with Crippen molar-refractivity contribution in [3.63, 3.8) is 0 Å². The molecule has 0 bridgehead atoms. The van der Waals surface area contributed by atoms with Gasteiger partial charge in [-0.05, 0) is 32.0 Å². The number of hydrogen-bond donors (Lipinski definition) is 0. The van der Waals surface area contributed by atoms with Crippen molar-refractivity contribution >= 4 is 0 Å². The zero-order valence-corrected chi connectivity index (χ0v) is 15.0. The summed E-state index contributed by atoms with van der Waals surface area (Å²) in [6, 6.07) is 18.1. The molecule has 1 unspecified atom stereocenters. The van der Waals surface area contributed by atoms with Gasteiger partial charge in [0.2, 0.25) is 11.7 Å². The topological polar surface area (TPSA) is 51.4 Å². The van der Waals surface area contributed by atoms with Crippen LogP contribution >= 0.6 is 0 Å². The second-order valence-corrected chi connectivity index (χ2v) is 6.77. The van der Waals surface area contributed by atoms with Gasteiger partial charge in [0.1, 0.15) is 12.4 Å². The quantitative estimate of drug-likeness (QED) is 0.675. The van der Waals surface area contributed by atoms with Gasteiger partial charge in [0.05, 0.1) is 5.92 Å². The third-order valence-corrected chi connectivity index (χ3v) is 4.79. The van der Waals surface area contributed by atoms with Crippen molar-refractivity contribution in [1.29, 1.82) is 0 Å². The van der Waals surface area contributed by atoms with Crippen molar-refractivity contribution in [2.45, 2.75) is 19.3 Å². The van der Waals surface area contributed by atoms with Gasteiger partial charge >= 0.3 is 0 Å². The summed E-state index contributed by atoms with van der Waals surface area (Å²) in [5, 5.41) is 4.14. The molecule has 26 heavy (non-hydrogen) atoms. The molecular weight excluding hydrogens is 326 g/mol. The molecular formula is C21H23N3O2. The molecule has 1 aliphatic rings. The van der Waals surface area contributed by atoms with Crippen molar-refractivity contribution in [2.75, 3.05) is 26.2 Å². The summed E-state index contributed by atoms with van der Waals surface area (Å²) in [5.74, 6) is 2.64. The highest BCUT2D eigenvalue weighted by atomic mass is 16.5. The van der Waals surface area contributed by atoms with E-state index in [1.807, 2.05) is 42.5 Å². The van der Waals surface area contributed by atoms with E-state index in [0.29, 0.717) is 18.3 Å². The van der Waals surface area contributed by atoms with Gasteiger partial charge in [-0.25, -0.2) is 0 Å². The molecule has 1 aliphatic heterocycles. The van der Waals surface area contributed by atoms with Gasteiger partial charge in [-0.1, -0.05) is 53.2 Å². The lowest BCUT2D eigenvalue weighted by Crippen LogP contribution is -2.26. The van der Waals surface area contributed by atoms with Crippen molar-refractivity contribution in [2.24, 2.45) is 0 Å². The Labute approximate surface area is 153 Å². The first-order valence-corrected chi connectivity index (χ1v) is 9.09. The molecule has 1 aromatic heterocycles. The fourth-order valence-electron chi connectivity index (χ4n) is 3.27. The highest BCUT2D eigenvalue weighted by Gasteiger charge is 2.28. The Balaban J connectivity index is 1.28. The average Bonchev–Trinajstić information content (AvgIpc) is 3.33. The van der Waals surface area contributed by atoms with Gasteiger partial charge < -0.3 is 9.26 Å². The number of benzene rings is 2. The normalized spacial score (nSPS) is 17.5. The van der Waals surface area contributed by atoms with Gasteiger partial charge in [-0.2, -0.15) is 4.98 Å². The Morgan fingerprint density at radius 3 is 2.73 bits per heavy atom. The lowest BCUT2D eigenvalue weighted by Gasteiger charge is -2.15. The Bertz CT molecular complexity index is 830. The maximum atomic E-state index is 5.83. The molecule has 3 aromatic rings. The first kappa shape index (κ1) is 16.8. The Hall–Kier alpha value is -2.66. The highest BCUT2D eigenvalue weighted by Crippen LogP contribution is 2.27. The van der Waals surface area contributed by atoms with E-state index in [1.165, 1.54) is 5.56 Å². The van der Waals surface area contributed by atoms with Crippen LogP contribution in [0.4, 0.5) is 0 Å². The van der Waals surface area contributed by atoms with E-state index in [1.54, 1.807) is 0 Å². The van der Waals surface area contributed by atoms with Crippen LogP contribution in [0, 0.1) is 6.92 Å². The van der Waals surface area contributed by atoms with Crippen LogP contribution in [0.2, 0.25) is 0 Å². The summed E-state index contributed by atoms with van der Waals surface area (Å²) in [6.45, 7) is 5.65. The molecule has 0 radical (unpaired) electrons. The summed E-state index contributed by atoms with van der Waals surface area (Å²) in [4.78, 5) is 6.99. The number of rotatable bonds is 6. The summed E-state index contributed by atoms with van der Waals surface area (Å²) in [7, 11) is 0. The van der Waals surface area contributed by atoms with E-state index < -0.39 is 0 Å². The standard InChI is InChI=1S/C21H23N3O2/c1-16-7-9-19(10-8-16)25-14-13-24-12-11-18(15-24)21-22-20(23-26-21)17-5-3-2-4-6-17/h2-10,18H,11-15H2,1H3. The molecule has 1 saturated heterocycles. The smallest absolute Gasteiger partial charge is 0.231 e. The molecule has 1 fully saturated rings. The second kappa shape index (κ2) is 7.70. The fourth-order valence-corrected chi connectivity index (χ4v) is 3.27.